The van der Waals surface area contributed by atoms with Crippen LogP contribution in [0.1, 0.15) is 17.0 Å². The van der Waals surface area contributed by atoms with Crippen LogP contribution in [0.2, 0.25) is 0 Å². The molecule has 0 radical (unpaired) electrons. The van der Waals surface area contributed by atoms with E-state index in [2.05, 4.69) is 42.1 Å². The molecule has 1 heterocycles. The van der Waals surface area contributed by atoms with E-state index in [0.29, 0.717) is 20.2 Å². The molecule has 0 bridgehead atoms. The summed E-state index contributed by atoms with van der Waals surface area (Å²) >= 11 is 6.41. The Kier molecular flexibility index (Phi) is 4.29. The Morgan fingerprint density at radius 2 is 1.90 bits per heavy atom. The van der Waals surface area contributed by atoms with E-state index in [1.807, 2.05) is 0 Å². The highest BCUT2D eigenvalue weighted by atomic mass is 79.9. The summed E-state index contributed by atoms with van der Waals surface area (Å²) in [5, 5.41) is 25.6. The van der Waals surface area contributed by atoms with E-state index in [1.54, 1.807) is 25.1 Å². The van der Waals surface area contributed by atoms with Gasteiger partial charge in [-0.2, -0.15) is 5.10 Å². The van der Waals surface area contributed by atoms with Crippen LogP contribution in [0.15, 0.2) is 27.1 Å². The van der Waals surface area contributed by atoms with Gasteiger partial charge in [0.05, 0.1) is 20.2 Å². The number of aliphatic carboxylic acids is 1. The minimum Gasteiger partial charge on any atom is -0.506 e. The van der Waals surface area contributed by atoms with E-state index in [1.165, 1.54) is 6.08 Å². The number of carboxylic acids is 1. The Balaban J connectivity index is 2.52. The Hall–Kier alpha value is -1.60. The molecule has 0 aliphatic carbocycles. The molecule has 3 N–H and O–H groups in total. The number of aromatic nitrogens is 2. The molecule has 104 valence electrons. The molecule has 0 saturated heterocycles. The molecule has 0 amide bonds. The number of carbonyl (C=O) groups is 1. The molecule has 5 nitrogen and oxygen atoms in total. The molecule has 0 unspecified atom stereocenters. The maximum atomic E-state index is 11.4. The first kappa shape index (κ1) is 14.8. The van der Waals surface area contributed by atoms with Crippen molar-refractivity contribution in [3.63, 3.8) is 0 Å². The normalized spacial score (nSPS) is 11.7. The summed E-state index contributed by atoms with van der Waals surface area (Å²) in [6.45, 7) is 1.80. The first-order valence-electron chi connectivity index (χ1n) is 5.54. The van der Waals surface area contributed by atoms with Crippen LogP contribution in [0.5, 0.6) is 5.75 Å². The molecule has 1 aromatic heterocycles. The van der Waals surface area contributed by atoms with E-state index < -0.39 is 5.97 Å². The van der Waals surface area contributed by atoms with Crippen LogP contribution in [0, 0.1) is 6.92 Å². The summed E-state index contributed by atoms with van der Waals surface area (Å²) in [7, 11) is 0. The van der Waals surface area contributed by atoms with Crippen molar-refractivity contribution in [3.8, 4) is 5.75 Å². The second-order valence-electron chi connectivity index (χ2n) is 4.13. The van der Waals surface area contributed by atoms with E-state index in [0.717, 1.165) is 5.69 Å². The van der Waals surface area contributed by atoms with Gasteiger partial charge in [0.25, 0.3) is 0 Å². The van der Waals surface area contributed by atoms with Crippen LogP contribution in [0.25, 0.3) is 11.6 Å². The fourth-order valence-corrected chi connectivity index (χ4v) is 2.86. The number of H-pyrrole nitrogens is 1. The summed E-state index contributed by atoms with van der Waals surface area (Å²) in [4.78, 5) is 11.4. The standard InChI is InChI=1S/C13H10Br2N2O3/c1-6-2-11(17-16-6)8(13(19)20)3-7-4-9(14)12(18)10(15)5-7/h2-5,18H,1H3,(H,16,17)(H,19,20). The number of rotatable bonds is 3. The molecule has 0 aliphatic heterocycles. The van der Waals surface area contributed by atoms with Gasteiger partial charge in [0, 0.05) is 5.69 Å². The summed E-state index contributed by atoms with van der Waals surface area (Å²) < 4.78 is 0.946. The van der Waals surface area contributed by atoms with Crippen LogP contribution in [0.4, 0.5) is 0 Å². The van der Waals surface area contributed by atoms with E-state index >= 15 is 0 Å². The zero-order valence-corrected chi connectivity index (χ0v) is 13.5. The van der Waals surface area contributed by atoms with Crippen molar-refractivity contribution in [2.45, 2.75) is 6.92 Å². The van der Waals surface area contributed by atoms with Crippen LogP contribution in [0.3, 0.4) is 0 Å². The van der Waals surface area contributed by atoms with Crippen molar-refractivity contribution in [1.82, 2.24) is 10.2 Å². The maximum Gasteiger partial charge on any atom is 0.337 e. The quantitative estimate of drug-likeness (QED) is 0.686. The molecule has 20 heavy (non-hydrogen) atoms. The third-order valence-corrected chi connectivity index (χ3v) is 3.77. The Bertz CT molecular complexity index is 684. The highest BCUT2D eigenvalue weighted by molar-refractivity contribution is 9.11. The topological polar surface area (TPSA) is 86.2 Å². The maximum absolute atomic E-state index is 11.4. The summed E-state index contributed by atoms with van der Waals surface area (Å²) in [5.74, 6) is -1.01. The number of carboxylic acid groups (broad SMARTS) is 1. The minimum absolute atomic E-state index is 0.0645. The van der Waals surface area contributed by atoms with Crippen molar-refractivity contribution < 1.29 is 15.0 Å². The second kappa shape index (κ2) is 5.80. The van der Waals surface area contributed by atoms with Gasteiger partial charge in [-0.1, -0.05) is 0 Å². The second-order valence-corrected chi connectivity index (χ2v) is 5.84. The van der Waals surface area contributed by atoms with Crippen LogP contribution >= 0.6 is 31.9 Å². The minimum atomic E-state index is -1.07. The lowest BCUT2D eigenvalue weighted by Gasteiger charge is -2.04. The van der Waals surface area contributed by atoms with Crippen LogP contribution in [-0.2, 0) is 4.79 Å². The number of phenolic OH excluding ortho intramolecular Hbond substituents is 1. The smallest absolute Gasteiger partial charge is 0.337 e. The van der Waals surface area contributed by atoms with Gasteiger partial charge in [0.2, 0.25) is 0 Å². The van der Waals surface area contributed by atoms with Crippen LogP contribution < -0.4 is 0 Å². The lowest BCUT2D eigenvalue weighted by atomic mass is 10.1. The average Bonchev–Trinajstić information content (AvgIpc) is 2.79. The third-order valence-electron chi connectivity index (χ3n) is 2.56. The van der Waals surface area contributed by atoms with E-state index in [4.69, 9.17) is 0 Å². The number of aromatic hydroxyl groups is 1. The first-order valence-corrected chi connectivity index (χ1v) is 7.12. The van der Waals surface area contributed by atoms with E-state index in [-0.39, 0.29) is 11.3 Å². The van der Waals surface area contributed by atoms with Gasteiger partial charge >= 0.3 is 5.97 Å². The number of hydrogen-bond donors (Lipinski definition) is 3. The predicted octanol–water partition coefficient (Wildman–Crippen LogP) is 3.57. The molecule has 2 aromatic rings. The largest absolute Gasteiger partial charge is 0.506 e. The molecule has 0 fully saturated rings. The monoisotopic (exact) mass is 400 g/mol. The van der Waals surface area contributed by atoms with Crippen LogP contribution in [-0.4, -0.2) is 26.4 Å². The molecule has 0 saturated carbocycles. The summed E-state index contributed by atoms with van der Waals surface area (Å²) in [6, 6.07) is 4.91. The van der Waals surface area contributed by atoms with Gasteiger partial charge in [-0.3, -0.25) is 5.10 Å². The number of aryl methyl sites for hydroxylation is 1. The van der Waals surface area contributed by atoms with Gasteiger partial charge in [0.15, 0.2) is 0 Å². The van der Waals surface area contributed by atoms with Gasteiger partial charge in [0.1, 0.15) is 5.75 Å². The van der Waals surface area contributed by atoms with Crippen molar-refractivity contribution >= 4 is 49.5 Å². The zero-order valence-electron chi connectivity index (χ0n) is 10.3. The van der Waals surface area contributed by atoms with Crippen molar-refractivity contribution in [3.05, 3.63) is 44.1 Å². The lowest BCUT2D eigenvalue weighted by molar-refractivity contribution is -0.130. The van der Waals surface area contributed by atoms with Crippen molar-refractivity contribution in [2.75, 3.05) is 0 Å². The highest BCUT2D eigenvalue weighted by Crippen LogP contribution is 2.34. The van der Waals surface area contributed by atoms with Gasteiger partial charge < -0.3 is 10.2 Å². The third kappa shape index (κ3) is 3.10. The number of hydrogen-bond acceptors (Lipinski definition) is 3. The number of phenols is 1. The highest BCUT2D eigenvalue weighted by Gasteiger charge is 2.14. The SMILES string of the molecule is Cc1cc(C(=Cc2cc(Br)c(O)c(Br)c2)C(=O)O)n[nH]1. The fraction of sp³-hybridized carbons (Fsp3) is 0.0769. The number of halogens is 2. The van der Waals surface area contributed by atoms with Gasteiger partial charge in [-0.15, -0.1) is 0 Å². The molecule has 7 heteroatoms. The number of benzene rings is 1. The number of nitrogens with one attached hydrogen (secondary N) is 1. The molecular weight excluding hydrogens is 392 g/mol. The summed E-state index contributed by atoms with van der Waals surface area (Å²) in [5.41, 5.74) is 1.83. The van der Waals surface area contributed by atoms with Crippen molar-refractivity contribution in [2.24, 2.45) is 0 Å². The predicted molar refractivity (Wildman–Crippen MR) is 82.3 cm³/mol. The number of nitrogens with zero attached hydrogens (tertiary/aromatic N) is 1. The average molecular weight is 402 g/mol. The Morgan fingerprint density at radius 3 is 2.35 bits per heavy atom. The van der Waals surface area contributed by atoms with Gasteiger partial charge in [-0.25, -0.2) is 4.79 Å². The van der Waals surface area contributed by atoms with E-state index in [9.17, 15) is 15.0 Å². The molecule has 0 spiro atoms. The molecular formula is C13H10Br2N2O3. The van der Waals surface area contributed by atoms with Gasteiger partial charge in [-0.05, 0) is 68.6 Å². The Morgan fingerprint density at radius 1 is 1.30 bits per heavy atom. The lowest BCUT2D eigenvalue weighted by Crippen LogP contribution is -2.00. The first-order chi connectivity index (χ1) is 9.38. The van der Waals surface area contributed by atoms with Crippen molar-refractivity contribution in [1.29, 1.82) is 0 Å². The molecule has 2 rings (SSSR count). The molecule has 1 aromatic carbocycles. The zero-order chi connectivity index (χ0) is 14.9. The summed E-state index contributed by atoms with van der Waals surface area (Å²) in [6.07, 6.45) is 1.49. The fourth-order valence-electron chi connectivity index (χ4n) is 1.64. The molecule has 0 atom stereocenters. The molecule has 0 aliphatic rings. The number of aromatic amines is 1. The Labute approximate surface area is 131 Å².